The van der Waals surface area contributed by atoms with Crippen LogP contribution in [-0.2, 0) is 11.3 Å². The van der Waals surface area contributed by atoms with Gasteiger partial charge in [0.25, 0.3) is 0 Å². The van der Waals surface area contributed by atoms with E-state index in [1.807, 2.05) is 28.8 Å². The average molecular weight is 434 g/mol. The maximum atomic E-state index is 12.0. The Kier molecular flexibility index (Phi) is 9.65. The summed E-state index contributed by atoms with van der Waals surface area (Å²) < 4.78 is 1.91. The summed E-state index contributed by atoms with van der Waals surface area (Å²) in [4.78, 5) is 18.3. The van der Waals surface area contributed by atoms with Crippen molar-refractivity contribution in [3.8, 4) is 0 Å². The number of rotatable bonds is 7. The number of hydrogen-bond acceptors (Lipinski definition) is 3. The van der Waals surface area contributed by atoms with Gasteiger partial charge in [0.15, 0.2) is 5.96 Å². The molecule has 0 atom stereocenters. The molecule has 1 aromatic rings. The minimum Gasteiger partial charge on any atom is -0.357 e. The van der Waals surface area contributed by atoms with Gasteiger partial charge < -0.3 is 15.5 Å². The van der Waals surface area contributed by atoms with E-state index in [0.29, 0.717) is 5.96 Å². The lowest BCUT2D eigenvalue weighted by molar-refractivity contribution is -0.128. The molecule has 8 heteroatoms. The lowest BCUT2D eigenvalue weighted by Gasteiger charge is -2.15. The molecule has 130 valence electrons. The summed E-state index contributed by atoms with van der Waals surface area (Å²) in [6.07, 6.45) is 6.91. The molecule has 2 heterocycles. The minimum atomic E-state index is 0. The number of aryl methyl sites for hydroxylation is 1. The summed E-state index contributed by atoms with van der Waals surface area (Å²) in [5.41, 5.74) is 0. The van der Waals surface area contributed by atoms with Crippen LogP contribution in [0.4, 0.5) is 0 Å². The van der Waals surface area contributed by atoms with Gasteiger partial charge in [-0.3, -0.25) is 9.48 Å². The van der Waals surface area contributed by atoms with Crippen molar-refractivity contribution in [2.24, 2.45) is 4.99 Å². The maximum Gasteiger partial charge on any atom is 0.244 e. The zero-order valence-electron chi connectivity index (χ0n) is 13.7. The number of carbonyl (C=O) groups excluding carboxylic acids is 1. The summed E-state index contributed by atoms with van der Waals surface area (Å²) >= 11 is 0. The Morgan fingerprint density at radius 3 is 2.74 bits per heavy atom. The van der Waals surface area contributed by atoms with Gasteiger partial charge in [-0.2, -0.15) is 5.10 Å². The SMILES string of the molecule is CCNC(=NCC(=O)N1CCCC1)NCCCn1cccn1.I. The van der Waals surface area contributed by atoms with Crippen molar-refractivity contribution in [2.75, 3.05) is 32.7 Å². The topological polar surface area (TPSA) is 74.6 Å². The standard InChI is InChI=1S/C15H26N6O.HI/c1-2-16-15(17-7-5-11-21-12-6-8-19-21)18-13-14(22)20-9-3-4-10-20;/h6,8,12H,2-5,7,9-11,13H2,1H3,(H2,16,17,18);1H. The molecule has 1 fully saturated rings. The number of nitrogens with one attached hydrogen (secondary N) is 2. The van der Waals surface area contributed by atoms with Crippen molar-refractivity contribution in [2.45, 2.75) is 32.7 Å². The molecule has 1 aliphatic rings. The molecule has 0 radical (unpaired) electrons. The first-order valence-corrected chi connectivity index (χ1v) is 8.07. The van der Waals surface area contributed by atoms with Crippen LogP contribution in [0, 0.1) is 0 Å². The van der Waals surface area contributed by atoms with E-state index >= 15 is 0 Å². The first kappa shape index (κ1) is 19.7. The molecular weight excluding hydrogens is 407 g/mol. The van der Waals surface area contributed by atoms with Crippen LogP contribution in [-0.4, -0.2) is 59.3 Å². The van der Waals surface area contributed by atoms with E-state index in [1.165, 1.54) is 0 Å². The summed E-state index contributed by atoms with van der Waals surface area (Å²) in [5, 5.41) is 10.6. The first-order valence-electron chi connectivity index (χ1n) is 8.07. The molecule has 0 aliphatic carbocycles. The fourth-order valence-corrected chi connectivity index (χ4v) is 2.44. The van der Waals surface area contributed by atoms with Crippen LogP contribution in [0.3, 0.4) is 0 Å². The third-order valence-electron chi connectivity index (χ3n) is 3.59. The number of halogens is 1. The fraction of sp³-hybridized carbons (Fsp3) is 0.667. The van der Waals surface area contributed by atoms with Crippen LogP contribution in [0.15, 0.2) is 23.5 Å². The Morgan fingerprint density at radius 2 is 2.09 bits per heavy atom. The highest BCUT2D eigenvalue weighted by Crippen LogP contribution is 2.07. The van der Waals surface area contributed by atoms with Crippen LogP contribution in [0.5, 0.6) is 0 Å². The second kappa shape index (κ2) is 11.3. The smallest absolute Gasteiger partial charge is 0.244 e. The lowest BCUT2D eigenvalue weighted by atomic mass is 10.4. The van der Waals surface area contributed by atoms with E-state index in [2.05, 4.69) is 20.7 Å². The molecule has 1 amide bonds. The van der Waals surface area contributed by atoms with Gasteiger partial charge in [-0.25, -0.2) is 4.99 Å². The zero-order chi connectivity index (χ0) is 15.6. The molecule has 23 heavy (non-hydrogen) atoms. The molecule has 0 unspecified atom stereocenters. The lowest BCUT2D eigenvalue weighted by Crippen LogP contribution is -2.39. The predicted molar refractivity (Wildman–Crippen MR) is 102 cm³/mol. The molecule has 2 rings (SSSR count). The van der Waals surface area contributed by atoms with Crippen molar-refractivity contribution >= 4 is 35.8 Å². The summed E-state index contributed by atoms with van der Waals surface area (Å²) in [6.45, 7) is 6.43. The number of amides is 1. The normalized spacial score (nSPS) is 14.5. The number of likely N-dealkylation sites (tertiary alicyclic amines) is 1. The number of aromatic nitrogens is 2. The summed E-state index contributed by atoms with van der Waals surface area (Å²) in [6, 6.07) is 1.92. The van der Waals surface area contributed by atoms with Crippen LogP contribution in [0.25, 0.3) is 0 Å². The van der Waals surface area contributed by atoms with E-state index in [9.17, 15) is 4.79 Å². The van der Waals surface area contributed by atoms with Gasteiger partial charge in [-0.15, -0.1) is 24.0 Å². The van der Waals surface area contributed by atoms with Gasteiger partial charge in [0.05, 0.1) is 0 Å². The minimum absolute atomic E-state index is 0. The molecule has 0 bridgehead atoms. The second-order valence-electron chi connectivity index (χ2n) is 5.33. The van der Waals surface area contributed by atoms with Crippen LogP contribution < -0.4 is 10.6 Å². The highest BCUT2D eigenvalue weighted by Gasteiger charge is 2.17. The first-order chi connectivity index (χ1) is 10.8. The Morgan fingerprint density at radius 1 is 1.30 bits per heavy atom. The third-order valence-corrected chi connectivity index (χ3v) is 3.59. The van der Waals surface area contributed by atoms with Gasteiger partial charge in [-0.1, -0.05) is 0 Å². The molecule has 1 aromatic heterocycles. The zero-order valence-corrected chi connectivity index (χ0v) is 16.0. The number of nitrogens with zero attached hydrogens (tertiary/aromatic N) is 4. The highest BCUT2D eigenvalue weighted by molar-refractivity contribution is 14.0. The molecular formula is C15H27IN6O. The van der Waals surface area contributed by atoms with Gasteiger partial charge in [-0.05, 0) is 32.3 Å². The Balaban J connectivity index is 0.00000264. The largest absolute Gasteiger partial charge is 0.357 e. The van der Waals surface area contributed by atoms with Crippen molar-refractivity contribution < 1.29 is 4.79 Å². The van der Waals surface area contributed by atoms with Crippen LogP contribution in [0.1, 0.15) is 26.2 Å². The van der Waals surface area contributed by atoms with Gasteiger partial charge >= 0.3 is 0 Å². The van der Waals surface area contributed by atoms with E-state index in [-0.39, 0.29) is 36.4 Å². The molecule has 1 saturated heterocycles. The molecule has 2 N–H and O–H groups in total. The molecule has 0 aromatic carbocycles. The molecule has 0 spiro atoms. The summed E-state index contributed by atoms with van der Waals surface area (Å²) in [5.74, 6) is 0.821. The van der Waals surface area contributed by atoms with E-state index in [0.717, 1.165) is 52.0 Å². The van der Waals surface area contributed by atoms with Crippen LogP contribution >= 0.6 is 24.0 Å². The quantitative estimate of drug-likeness (QED) is 0.292. The van der Waals surface area contributed by atoms with E-state index < -0.39 is 0 Å². The number of guanidine groups is 1. The maximum absolute atomic E-state index is 12.0. The molecule has 0 saturated carbocycles. The molecule has 7 nitrogen and oxygen atoms in total. The van der Waals surface area contributed by atoms with E-state index in [4.69, 9.17) is 0 Å². The highest BCUT2D eigenvalue weighted by atomic mass is 127. The van der Waals surface area contributed by atoms with Gasteiger partial charge in [0, 0.05) is 45.1 Å². The van der Waals surface area contributed by atoms with Gasteiger partial charge in [0.2, 0.25) is 5.91 Å². The number of aliphatic imine (C=N–C) groups is 1. The van der Waals surface area contributed by atoms with Gasteiger partial charge in [0.1, 0.15) is 6.54 Å². The van der Waals surface area contributed by atoms with Crippen molar-refractivity contribution in [3.63, 3.8) is 0 Å². The average Bonchev–Trinajstić information content (AvgIpc) is 3.21. The number of carbonyl (C=O) groups is 1. The number of hydrogen-bond donors (Lipinski definition) is 2. The fourth-order valence-electron chi connectivity index (χ4n) is 2.44. The Hall–Kier alpha value is -1.32. The van der Waals surface area contributed by atoms with Crippen molar-refractivity contribution in [1.82, 2.24) is 25.3 Å². The van der Waals surface area contributed by atoms with Crippen LogP contribution in [0.2, 0.25) is 0 Å². The summed E-state index contributed by atoms with van der Waals surface area (Å²) in [7, 11) is 0. The Labute approximate surface area is 154 Å². The predicted octanol–water partition coefficient (Wildman–Crippen LogP) is 1.07. The third kappa shape index (κ3) is 7.19. The Bertz CT molecular complexity index is 470. The monoisotopic (exact) mass is 434 g/mol. The van der Waals surface area contributed by atoms with Crippen molar-refractivity contribution in [1.29, 1.82) is 0 Å². The van der Waals surface area contributed by atoms with E-state index in [1.54, 1.807) is 6.20 Å². The molecule has 1 aliphatic heterocycles. The second-order valence-corrected chi connectivity index (χ2v) is 5.33. The van der Waals surface area contributed by atoms with Crippen molar-refractivity contribution in [3.05, 3.63) is 18.5 Å².